The summed E-state index contributed by atoms with van der Waals surface area (Å²) in [7, 11) is 1.57. The molecule has 0 radical (unpaired) electrons. The first kappa shape index (κ1) is 15.0. The van der Waals surface area contributed by atoms with E-state index in [1.807, 2.05) is 0 Å². The summed E-state index contributed by atoms with van der Waals surface area (Å²) < 4.78 is 6.82. The third-order valence-corrected chi connectivity index (χ3v) is 3.91. The third kappa shape index (κ3) is 3.18. The van der Waals surface area contributed by atoms with Crippen molar-refractivity contribution < 1.29 is 9.53 Å². The number of aromatic nitrogens is 2. The molecule has 2 heterocycles. The highest BCUT2D eigenvalue weighted by atomic mass is 79.9. The van der Waals surface area contributed by atoms with Gasteiger partial charge in [0.2, 0.25) is 5.91 Å². The molecule has 0 spiro atoms. The normalized spacial score (nSPS) is 16.9. The number of carbonyl (C=O) groups is 1. The van der Waals surface area contributed by atoms with Gasteiger partial charge in [-0.25, -0.2) is 4.68 Å². The van der Waals surface area contributed by atoms with Crippen molar-refractivity contribution in [3.63, 3.8) is 0 Å². The number of anilines is 1. The van der Waals surface area contributed by atoms with Crippen LogP contribution >= 0.6 is 15.9 Å². The van der Waals surface area contributed by atoms with E-state index in [9.17, 15) is 9.59 Å². The SMILES string of the molecule is CC(Nc1cnn(C)c(=O)c1Br)C(=O)N1CCOCC1. The zero-order valence-electron chi connectivity index (χ0n) is 11.4. The van der Waals surface area contributed by atoms with E-state index in [0.717, 1.165) is 0 Å². The molecule has 1 N–H and O–H groups in total. The molecule has 1 aromatic heterocycles. The van der Waals surface area contributed by atoms with Crippen LogP contribution in [0.2, 0.25) is 0 Å². The van der Waals surface area contributed by atoms with E-state index in [2.05, 4.69) is 26.3 Å². The van der Waals surface area contributed by atoms with E-state index in [4.69, 9.17) is 4.74 Å². The molecule has 0 aromatic carbocycles. The Balaban J connectivity index is 2.07. The van der Waals surface area contributed by atoms with Crippen molar-refractivity contribution in [1.29, 1.82) is 0 Å². The zero-order valence-corrected chi connectivity index (χ0v) is 13.0. The Morgan fingerprint density at radius 3 is 2.80 bits per heavy atom. The Kier molecular flexibility index (Phi) is 4.77. The fraction of sp³-hybridized carbons (Fsp3) is 0.583. The quantitative estimate of drug-likeness (QED) is 0.847. The summed E-state index contributed by atoms with van der Waals surface area (Å²) in [5, 5.41) is 6.95. The minimum atomic E-state index is -0.432. The highest BCUT2D eigenvalue weighted by molar-refractivity contribution is 9.10. The van der Waals surface area contributed by atoms with Crippen LogP contribution in [0.25, 0.3) is 0 Å². The van der Waals surface area contributed by atoms with Gasteiger partial charge in [-0.1, -0.05) is 0 Å². The molecule has 1 unspecified atom stereocenters. The summed E-state index contributed by atoms with van der Waals surface area (Å²) in [6.07, 6.45) is 1.52. The molecular weight excluding hydrogens is 328 g/mol. The summed E-state index contributed by atoms with van der Waals surface area (Å²) in [6, 6.07) is -0.432. The van der Waals surface area contributed by atoms with Crippen molar-refractivity contribution in [3.8, 4) is 0 Å². The van der Waals surface area contributed by atoms with Gasteiger partial charge in [-0.15, -0.1) is 0 Å². The number of rotatable bonds is 3. The predicted molar refractivity (Wildman–Crippen MR) is 77.7 cm³/mol. The second-order valence-electron chi connectivity index (χ2n) is 4.60. The molecule has 8 heteroatoms. The molecule has 20 heavy (non-hydrogen) atoms. The minimum absolute atomic E-state index is 0.0131. The van der Waals surface area contributed by atoms with Gasteiger partial charge in [-0.05, 0) is 22.9 Å². The van der Waals surface area contributed by atoms with E-state index in [0.29, 0.717) is 36.5 Å². The molecule has 0 aliphatic carbocycles. The molecule has 0 saturated carbocycles. The highest BCUT2D eigenvalue weighted by Gasteiger charge is 2.23. The first-order valence-electron chi connectivity index (χ1n) is 6.35. The van der Waals surface area contributed by atoms with Crippen LogP contribution in [-0.2, 0) is 16.6 Å². The summed E-state index contributed by atoms with van der Waals surface area (Å²) >= 11 is 3.22. The van der Waals surface area contributed by atoms with E-state index in [1.54, 1.807) is 18.9 Å². The summed E-state index contributed by atoms with van der Waals surface area (Å²) in [5.74, 6) is -0.0131. The highest BCUT2D eigenvalue weighted by Crippen LogP contribution is 2.17. The Hall–Kier alpha value is -1.41. The summed E-state index contributed by atoms with van der Waals surface area (Å²) in [4.78, 5) is 25.8. The van der Waals surface area contributed by atoms with Crippen molar-refractivity contribution in [2.75, 3.05) is 31.6 Å². The molecule has 2 rings (SSSR count). The number of hydrogen-bond donors (Lipinski definition) is 1. The minimum Gasteiger partial charge on any atom is -0.378 e. The number of nitrogens with one attached hydrogen (secondary N) is 1. The zero-order chi connectivity index (χ0) is 14.7. The van der Waals surface area contributed by atoms with Crippen LogP contribution in [0.4, 0.5) is 5.69 Å². The van der Waals surface area contributed by atoms with Crippen LogP contribution in [0.15, 0.2) is 15.5 Å². The number of halogens is 1. The van der Waals surface area contributed by atoms with Gasteiger partial charge in [0.15, 0.2) is 0 Å². The number of aryl methyl sites for hydroxylation is 1. The molecule has 1 fully saturated rings. The third-order valence-electron chi connectivity index (χ3n) is 3.14. The fourth-order valence-corrected chi connectivity index (χ4v) is 2.44. The maximum atomic E-state index is 12.3. The molecule has 1 aromatic rings. The van der Waals surface area contributed by atoms with Crippen molar-refractivity contribution in [1.82, 2.24) is 14.7 Å². The topological polar surface area (TPSA) is 76.5 Å². The largest absolute Gasteiger partial charge is 0.378 e. The molecule has 1 aliphatic heterocycles. The van der Waals surface area contributed by atoms with E-state index in [1.165, 1.54) is 10.9 Å². The van der Waals surface area contributed by atoms with E-state index in [-0.39, 0.29) is 11.5 Å². The standard InChI is InChI=1S/C12H17BrN4O3/c1-8(11(18)17-3-5-20-6-4-17)15-9-7-14-16(2)12(19)10(9)13/h7-8,15H,3-6H2,1-2H3. The van der Waals surface area contributed by atoms with Crippen LogP contribution in [0.3, 0.4) is 0 Å². The smallest absolute Gasteiger partial charge is 0.282 e. The summed E-state index contributed by atoms with van der Waals surface area (Å²) in [6.45, 7) is 4.09. The molecule has 1 saturated heterocycles. The lowest BCUT2D eigenvalue weighted by molar-refractivity contribution is -0.135. The Morgan fingerprint density at radius 1 is 1.50 bits per heavy atom. The van der Waals surface area contributed by atoms with Crippen LogP contribution in [0.1, 0.15) is 6.92 Å². The number of ether oxygens (including phenoxy) is 1. The lowest BCUT2D eigenvalue weighted by atomic mass is 10.2. The van der Waals surface area contributed by atoms with Crippen LogP contribution in [0.5, 0.6) is 0 Å². The van der Waals surface area contributed by atoms with Gasteiger partial charge in [0.1, 0.15) is 10.5 Å². The number of morpholine rings is 1. The van der Waals surface area contributed by atoms with Gasteiger partial charge >= 0.3 is 0 Å². The van der Waals surface area contributed by atoms with Gasteiger partial charge in [0.05, 0.1) is 25.1 Å². The average molecular weight is 345 g/mol. The van der Waals surface area contributed by atoms with Gasteiger partial charge in [0, 0.05) is 20.1 Å². The maximum Gasteiger partial charge on any atom is 0.282 e. The van der Waals surface area contributed by atoms with Gasteiger partial charge in [-0.3, -0.25) is 9.59 Å². The van der Waals surface area contributed by atoms with Crippen molar-refractivity contribution in [2.45, 2.75) is 13.0 Å². The Morgan fingerprint density at radius 2 is 2.15 bits per heavy atom. The molecule has 7 nitrogen and oxygen atoms in total. The van der Waals surface area contributed by atoms with Crippen LogP contribution in [0, 0.1) is 0 Å². The molecule has 1 amide bonds. The van der Waals surface area contributed by atoms with E-state index < -0.39 is 6.04 Å². The number of carbonyl (C=O) groups excluding carboxylic acids is 1. The lowest BCUT2D eigenvalue weighted by Gasteiger charge is -2.29. The number of hydrogen-bond acceptors (Lipinski definition) is 5. The molecule has 0 bridgehead atoms. The summed E-state index contributed by atoms with van der Waals surface area (Å²) in [5.41, 5.74) is 0.267. The second-order valence-corrected chi connectivity index (χ2v) is 5.40. The van der Waals surface area contributed by atoms with Crippen molar-refractivity contribution >= 4 is 27.5 Å². The first-order valence-corrected chi connectivity index (χ1v) is 7.15. The van der Waals surface area contributed by atoms with Crippen molar-refractivity contribution in [2.24, 2.45) is 7.05 Å². The lowest BCUT2D eigenvalue weighted by Crippen LogP contribution is -2.47. The molecule has 1 atom stereocenters. The van der Waals surface area contributed by atoms with Gasteiger partial charge in [0.25, 0.3) is 5.56 Å². The van der Waals surface area contributed by atoms with Gasteiger partial charge < -0.3 is 15.0 Å². The maximum absolute atomic E-state index is 12.3. The second kappa shape index (κ2) is 6.36. The molecule has 1 aliphatic rings. The predicted octanol–water partition coefficient (Wildman–Crippen LogP) is 0.202. The monoisotopic (exact) mass is 344 g/mol. The van der Waals surface area contributed by atoms with Crippen LogP contribution < -0.4 is 10.9 Å². The van der Waals surface area contributed by atoms with Gasteiger partial charge in [-0.2, -0.15) is 5.10 Å². The number of amides is 1. The number of nitrogens with zero attached hydrogens (tertiary/aromatic N) is 3. The van der Waals surface area contributed by atoms with Crippen molar-refractivity contribution in [3.05, 3.63) is 21.0 Å². The van der Waals surface area contributed by atoms with E-state index >= 15 is 0 Å². The average Bonchev–Trinajstić information content (AvgIpc) is 2.48. The Labute approximate surface area is 125 Å². The molecule has 110 valence electrons. The fourth-order valence-electron chi connectivity index (χ4n) is 1.96. The Bertz CT molecular complexity index is 554. The van der Waals surface area contributed by atoms with Crippen LogP contribution in [-0.4, -0.2) is 52.9 Å². The first-order chi connectivity index (χ1) is 9.50. The molecular formula is C12H17BrN4O3.